The Hall–Kier alpha value is -1.30. The number of piperidine rings is 1. The molecule has 0 unspecified atom stereocenters. The highest BCUT2D eigenvalue weighted by atomic mass is 35.5. The number of benzene rings is 1. The topological polar surface area (TPSA) is 37.7 Å². The standard InChI is InChI=1S/C20H25Cl2N3OS/c1-13-10-16(26-19-17(22)18(24-27-19)20(2,3)4)14(21)11-15(13)23-12-25-8-6-5-7-9-25/h10-12H,5-9H2,1-4H3/b23-12+. The molecular weight excluding hydrogens is 401 g/mol. The summed E-state index contributed by atoms with van der Waals surface area (Å²) < 4.78 is 10.4. The van der Waals surface area contributed by atoms with Crippen molar-refractivity contribution in [2.75, 3.05) is 13.1 Å². The average molecular weight is 426 g/mol. The van der Waals surface area contributed by atoms with Crippen molar-refractivity contribution >= 4 is 46.8 Å². The van der Waals surface area contributed by atoms with Gasteiger partial charge in [-0.3, -0.25) is 0 Å². The maximum absolute atomic E-state index is 6.47. The number of aromatic nitrogens is 1. The van der Waals surface area contributed by atoms with Crippen LogP contribution in [0.4, 0.5) is 5.69 Å². The molecule has 1 aromatic heterocycles. The summed E-state index contributed by atoms with van der Waals surface area (Å²) in [5.74, 6) is 0.567. The quantitative estimate of drug-likeness (QED) is 0.390. The highest BCUT2D eigenvalue weighted by molar-refractivity contribution is 7.08. The van der Waals surface area contributed by atoms with E-state index in [1.807, 2.05) is 25.4 Å². The smallest absolute Gasteiger partial charge is 0.219 e. The Morgan fingerprint density at radius 2 is 1.89 bits per heavy atom. The molecular formula is C20H25Cl2N3OS. The lowest BCUT2D eigenvalue weighted by Gasteiger charge is -2.23. The SMILES string of the molecule is Cc1cc(Oc2snc(C(C)(C)C)c2Cl)c(Cl)cc1/N=C/N1CCCCC1. The third kappa shape index (κ3) is 4.95. The van der Waals surface area contributed by atoms with E-state index in [0.717, 1.165) is 30.0 Å². The maximum atomic E-state index is 6.47. The van der Waals surface area contributed by atoms with Gasteiger partial charge in [0.15, 0.2) is 0 Å². The van der Waals surface area contributed by atoms with Gasteiger partial charge in [0.05, 0.1) is 22.7 Å². The minimum Gasteiger partial charge on any atom is -0.442 e. The monoisotopic (exact) mass is 425 g/mol. The molecule has 0 saturated carbocycles. The molecule has 1 aliphatic rings. The van der Waals surface area contributed by atoms with E-state index in [1.165, 1.54) is 30.8 Å². The number of rotatable bonds is 4. The predicted octanol–water partition coefficient (Wildman–Crippen LogP) is 6.99. The van der Waals surface area contributed by atoms with E-state index in [2.05, 4.69) is 35.0 Å². The second-order valence-electron chi connectivity index (χ2n) is 7.89. The van der Waals surface area contributed by atoms with E-state index < -0.39 is 0 Å². The Kier molecular flexibility index (Phi) is 6.34. The van der Waals surface area contributed by atoms with Gasteiger partial charge in [-0.15, -0.1) is 0 Å². The molecule has 0 radical (unpaired) electrons. The molecule has 0 aliphatic carbocycles. The van der Waals surface area contributed by atoms with Crippen LogP contribution in [0.5, 0.6) is 10.8 Å². The van der Waals surface area contributed by atoms with Crippen molar-refractivity contribution < 1.29 is 4.74 Å². The molecule has 27 heavy (non-hydrogen) atoms. The normalized spacial score (nSPS) is 15.6. The molecule has 3 rings (SSSR count). The summed E-state index contributed by atoms with van der Waals surface area (Å²) in [7, 11) is 0. The molecule has 2 heterocycles. The van der Waals surface area contributed by atoms with Gasteiger partial charge in [0, 0.05) is 30.0 Å². The molecule has 7 heteroatoms. The van der Waals surface area contributed by atoms with Crippen LogP contribution in [0.1, 0.15) is 51.3 Å². The Balaban J connectivity index is 1.79. The van der Waals surface area contributed by atoms with E-state index in [1.54, 1.807) is 0 Å². The summed E-state index contributed by atoms with van der Waals surface area (Å²) in [5.41, 5.74) is 2.55. The number of ether oxygens (including phenoxy) is 1. The van der Waals surface area contributed by atoms with Gasteiger partial charge in [0.1, 0.15) is 10.8 Å². The van der Waals surface area contributed by atoms with Gasteiger partial charge in [0.25, 0.3) is 0 Å². The lowest BCUT2D eigenvalue weighted by atomic mass is 9.92. The maximum Gasteiger partial charge on any atom is 0.219 e. The van der Waals surface area contributed by atoms with Gasteiger partial charge < -0.3 is 9.64 Å². The summed E-state index contributed by atoms with van der Waals surface area (Å²) in [5, 5.41) is 1.62. The van der Waals surface area contributed by atoms with Crippen LogP contribution < -0.4 is 4.74 Å². The summed E-state index contributed by atoms with van der Waals surface area (Å²) in [6.45, 7) is 10.4. The predicted molar refractivity (Wildman–Crippen MR) is 116 cm³/mol. The molecule has 1 aliphatic heterocycles. The van der Waals surface area contributed by atoms with Crippen molar-refractivity contribution in [2.24, 2.45) is 4.99 Å². The molecule has 0 amide bonds. The number of hydrogen-bond acceptors (Lipinski definition) is 4. The summed E-state index contributed by atoms with van der Waals surface area (Å²) in [4.78, 5) is 6.87. The van der Waals surface area contributed by atoms with Crippen LogP contribution in [0.25, 0.3) is 0 Å². The Morgan fingerprint density at radius 1 is 1.19 bits per heavy atom. The van der Waals surface area contributed by atoms with E-state index in [0.29, 0.717) is 20.9 Å². The van der Waals surface area contributed by atoms with Crippen LogP contribution in [0.15, 0.2) is 17.1 Å². The zero-order valence-corrected chi connectivity index (χ0v) is 18.5. The first kappa shape index (κ1) is 20.4. The van der Waals surface area contributed by atoms with Gasteiger partial charge in [-0.1, -0.05) is 44.0 Å². The highest BCUT2D eigenvalue weighted by Gasteiger charge is 2.25. The molecule has 1 saturated heterocycles. The zero-order valence-electron chi connectivity index (χ0n) is 16.2. The molecule has 1 aromatic carbocycles. The third-order valence-corrected chi connectivity index (χ3v) is 6.01. The third-order valence-electron chi connectivity index (χ3n) is 4.52. The van der Waals surface area contributed by atoms with Crippen molar-refractivity contribution in [3.05, 3.63) is 33.4 Å². The van der Waals surface area contributed by atoms with Gasteiger partial charge in [-0.25, -0.2) is 4.99 Å². The fraction of sp³-hybridized carbons (Fsp3) is 0.500. The number of halogens is 2. The second kappa shape index (κ2) is 8.38. The average Bonchev–Trinajstić information content (AvgIpc) is 2.98. The summed E-state index contributed by atoms with van der Waals surface area (Å²) in [6, 6.07) is 3.74. The number of likely N-dealkylation sites (tertiary alicyclic amines) is 1. The lowest BCUT2D eigenvalue weighted by Crippen LogP contribution is -2.28. The largest absolute Gasteiger partial charge is 0.442 e. The van der Waals surface area contributed by atoms with Crippen LogP contribution in [0.2, 0.25) is 10.0 Å². The molecule has 0 atom stereocenters. The molecule has 146 valence electrons. The van der Waals surface area contributed by atoms with Crippen molar-refractivity contribution in [3.8, 4) is 10.8 Å². The van der Waals surface area contributed by atoms with Crippen LogP contribution in [0.3, 0.4) is 0 Å². The van der Waals surface area contributed by atoms with Gasteiger partial charge in [-0.2, -0.15) is 4.37 Å². The van der Waals surface area contributed by atoms with Crippen molar-refractivity contribution in [1.29, 1.82) is 0 Å². The Labute approximate surface area is 175 Å². The Morgan fingerprint density at radius 3 is 2.52 bits per heavy atom. The first-order valence-electron chi connectivity index (χ1n) is 9.17. The highest BCUT2D eigenvalue weighted by Crippen LogP contribution is 2.43. The molecule has 1 fully saturated rings. The minimum absolute atomic E-state index is 0.137. The number of aliphatic imine (C=N–C) groups is 1. The molecule has 2 aromatic rings. The van der Waals surface area contributed by atoms with Gasteiger partial charge >= 0.3 is 0 Å². The summed E-state index contributed by atoms with van der Waals surface area (Å²) in [6.07, 6.45) is 5.68. The van der Waals surface area contributed by atoms with Crippen LogP contribution in [0, 0.1) is 6.92 Å². The first-order chi connectivity index (χ1) is 12.8. The number of nitrogens with zero attached hydrogens (tertiary/aromatic N) is 3. The van der Waals surface area contributed by atoms with E-state index >= 15 is 0 Å². The fourth-order valence-electron chi connectivity index (χ4n) is 2.93. The van der Waals surface area contributed by atoms with Crippen LogP contribution in [-0.2, 0) is 5.41 Å². The van der Waals surface area contributed by atoms with Crippen molar-refractivity contribution in [2.45, 2.75) is 52.4 Å². The molecule has 0 N–H and O–H groups in total. The van der Waals surface area contributed by atoms with Crippen molar-refractivity contribution in [3.63, 3.8) is 0 Å². The second-order valence-corrected chi connectivity index (χ2v) is 9.42. The van der Waals surface area contributed by atoms with Crippen LogP contribution >= 0.6 is 34.7 Å². The minimum atomic E-state index is -0.137. The number of hydrogen-bond donors (Lipinski definition) is 0. The van der Waals surface area contributed by atoms with E-state index in [9.17, 15) is 0 Å². The van der Waals surface area contributed by atoms with E-state index in [4.69, 9.17) is 27.9 Å². The van der Waals surface area contributed by atoms with Gasteiger partial charge in [0.2, 0.25) is 5.06 Å². The first-order valence-corrected chi connectivity index (χ1v) is 10.7. The lowest BCUT2D eigenvalue weighted by molar-refractivity contribution is 0.351. The summed E-state index contributed by atoms with van der Waals surface area (Å²) >= 11 is 14.2. The van der Waals surface area contributed by atoms with E-state index in [-0.39, 0.29) is 5.41 Å². The van der Waals surface area contributed by atoms with Crippen LogP contribution in [-0.4, -0.2) is 28.7 Å². The zero-order chi connectivity index (χ0) is 19.6. The fourth-order valence-corrected chi connectivity index (χ4v) is 4.49. The molecule has 0 spiro atoms. The number of aryl methyl sites for hydroxylation is 1. The van der Waals surface area contributed by atoms with Gasteiger partial charge in [-0.05, 0) is 43.9 Å². The van der Waals surface area contributed by atoms with Crippen molar-refractivity contribution in [1.82, 2.24) is 9.27 Å². The molecule has 4 nitrogen and oxygen atoms in total. The Bertz CT molecular complexity index is 836. The molecule has 0 bridgehead atoms.